The number of rotatable bonds is 7. The van der Waals surface area contributed by atoms with Gasteiger partial charge in [-0.05, 0) is 77.8 Å². The number of carbonyl (C=O) groups excluding carboxylic acids is 3. The summed E-state index contributed by atoms with van der Waals surface area (Å²) < 4.78 is 20.6. The van der Waals surface area contributed by atoms with E-state index in [1.165, 1.54) is 4.90 Å². The molecule has 1 aromatic carbocycles. The maximum absolute atomic E-state index is 15.3. The fraction of sp³-hybridized carbons (Fsp3) is 0.640. The third kappa shape index (κ3) is 4.97. The molecule has 0 radical (unpaired) electrons. The smallest absolute Gasteiger partial charge is 0.306 e. The molecule has 2 atom stereocenters. The molecule has 1 N–H and O–H groups in total. The Morgan fingerprint density at radius 2 is 1.88 bits per heavy atom. The van der Waals surface area contributed by atoms with Crippen LogP contribution in [-0.4, -0.2) is 36.0 Å². The summed E-state index contributed by atoms with van der Waals surface area (Å²) in [6, 6.07) is 3.21. The molecule has 1 fully saturated rings. The van der Waals surface area contributed by atoms with Crippen molar-refractivity contribution >= 4 is 23.5 Å². The van der Waals surface area contributed by atoms with E-state index < -0.39 is 11.0 Å². The van der Waals surface area contributed by atoms with Crippen molar-refractivity contribution in [1.29, 1.82) is 0 Å². The topological polar surface area (TPSA) is 75.7 Å². The second-order valence-electron chi connectivity index (χ2n) is 10.8. The highest BCUT2D eigenvalue weighted by Gasteiger charge is 2.47. The summed E-state index contributed by atoms with van der Waals surface area (Å²) in [5.74, 6) is -1.19. The number of benzene rings is 1. The maximum Gasteiger partial charge on any atom is 0.306 e. The average Bonchev–Trinajstić information content (AvgIpc) is 3.45. The van der Waals surface area contributed by atoms with Gasteiger partial charge in [-0.3, -0.25) is 14.4 Å². The van der Waals surface area contributed by atoms with Gasteiger partial charge < -0.3 is 15.0 Å². The Balaban J connectivity index is 1.67. The van der Waals surface area contributed by atoms with E-state index in [9.17, 15) is 14.4 Å². The summed E-state index contributed by atoms with van der Waals surface area (Å²) >= 11 is 0. The van der Waals surface area contributed by atoms with Crippen LogP contribution in [0.5, 0.6) is 0 Å². The first-order chi connectivity index (χ1) is 14.7. The van der Waals surface area contributed by atoms with E-state index >= 15 is 4.39 Å². The van der Waals surface area contributed by atoms with E-state index in [-0.39, 0.29) is 54.4 Å². The molecule has 1 aromatic rings. The van der Waals surface area contributed by atoms with Crippen LogP contribution in [0.2, 0.25) is 0 Å². The molecule has 2 aliphatic rings. The number of ether oxygens (including phenoxy) is 1. The summed E-state index contributed by atoms with van der Waals surface area (Å²) in [7, 11) is 0. The molecule has 3 rings (SSSR count). The van der Waals surface area contributed by atoms with Crippen molar-refractivity contribution in [3.05, 3.63) is 29.1 Å². The molecule has 32 heavy (non-hydrogen) atoms. The first-order valence-corrected chi connectivity index (χ1v) is 11.4. The third-order valence-corrected chi connectivity index (χ3v) is 6.32. The molecule has 0 spiro atoms. The monoisotopic (exact) mass is 446 g/mol. The van der Waals surface area contributed by atoms with Gasteiger partial charge in [0.15, 0.2) is 0 Å². The van der Waals surface area contributed by atoms with Gasteiger partial charge in [-0.2, -0.15) is 0 Å². The van der Waals surface area contributed by atoms with Crippen molar-refractivity contribution in [3.63, 3.8) is 0 Å². The number of hydrogen-bond donors (Lipinski definition) is 1. The fourth-order valence-corrected chi connectivity index (χ4v) is 4.23. The van der Waals surface area contributed by atoms with E-state index in [0.717, 1.165) is 12.8 Å². The number of amides is 2. The minimum Gasteiger partial charge on any atom is -0.460 e. The number of halogens is 1. The van der Waals surface area contributed by atoms with Crippen LogP contribution in [0.1, 0.15) is 84.8 Å². The van der Waals surface area contributed by atoms with Crippen LogP contribution in [0, 0.1) is 11.7 Å². The predicted octanol–water partition coefficient (Wildman–Crippen LogP) is 4.20. The predicted molar refractivity (Wildman–Crippen MR) is 121 cm³/mol. The van der Waals surface area contributed by atoms with Crippen LogP contribution in [0.25, 0.3) is 0 Å². The number of nitrogens with zero attached hydrogens (tertiary/aromatic N) is 1. The molecule has 1 saturated carbocycles. The summed E-state index contributed by atoms with van der Waals surface area (Å²) in [5, 5.41) is 2.87. The van der Waals surface area contributed by atoms with Gasteiger partial charge in [-0.25, -0.2) is 4.39 Å². The molecule has 1 heterocycles. The number of fused-ring (bicyclic) bond motifs is 1. The zero-order valence-corrected chi connectivity index (χ0v) is 20.2. The molecule has 7 heteroatoms. The molecule has 0 unspecified atom stereocenters. The standard InChI is InChI=1S/C25H35FN2O4/c1-14(12-20(30)32-24(3,4)5)15(2)27-19(29)13-28-18-11-10-17(16-8-9-16)22(26)21(18)25(6,7)23(28)31/h10-11,14-16H,8-9,12-13H2,1-7H3,(H,27,29)/t14-,15+/m1/s1. The van der Waals surface area contributed by atoms with Crippen molar-refractivity contribution in [2.45, 2.75) is 90.7 Å². The Hall–Kier alpha value is -2.44. The molecule has 1 aliphatic heterocycles. The van der Waals surface area contributed by atoms with Crippen molar-refractivity contribution in [2.75, 3.05) is 11.4 Å². The zero-order valence-electron chi connectivity index (χ0n) is 20.2. The molecular formula is C25H35FN2O4. The lowest BCUT2D eigenvalue weighted by Gasteiger charge is -2.25. The van der Waals surface area contributed by atoms with Crippen molar-refractivity contribution in [1.82, 2.24) is 5.32 Å². The van der Waals surface area contributed by atoms with Gasteiger partial charge in [0.2, 0.25) is 11.8 Å². The van der Waals surface area contributed by atoms with E-state index in [4.69, 9.17) is 4.74 Å². The van der Waals surface area contributed by atoms with E-state index in [1.807, 2.05) is 34.6 Å². The molecule has 2 amide bonds. The maximum atomic E-state index is 15.3. The Bertz CT molecular complexity index is 931. The van der Waals surface area contributed by atoms with Crippen LogP contribution < -0.4 is 10.2 Å². The van der Waals surface area contributed by atoms with Gasteiger partial charge >= 0.3 is 5.97 Å². The lowest BCUT2D eigenvalue weighted by molar-refractivity contribution is -0.156. The Morgan fingerprint density at radius 3 is 2.44 bits per heavy atom. The lowest BCUT2D eigenvalue weighted by Crippen LogP contribution is -2.46. The second kappa shape index (κ2) is 8.49. The van der Waals surface area contributed by atoms with Crippen molar-refractivity contribution < 1.29 is 23.5 Å². The second-order valence-corrected chi connectivity index (χ2v) is 10.8. The first kappa shape index (κ1) is 24.2. The highest BCUT2D eigenvalue weighted by atomic mass is 19.1. The normalized spacial score (nSPS) is 19.4. The van der Waals surface area contributed by atoms with Crippen LogP contribution in [0.3, 0.4) is 0 Å². The van der Waals surface area contributed by atoms with Gasteiger partial charge in [0.05, 0.1) is 17.5 Å². The van der Waals surface area contributed by atoms with Gasteiger partial charge in [0.25, 0.3) is 0 Å². The molecule has 6 nitrogen and oxygen atoms in total. The van der Waals surface area contributed by atoms with Crippen molar-refractivity contribution in [2.24, 2.45) is 5.92 Å². The highest BCUT2D eigenvalue weighted by molar-refractivity contribution is 6.10. The lowest BCUT2D eigenvalue weighted by atomic mass is 9.84. The number of anilines is 1. The molecule has 176 valence electrons. The van der Waals surface area contributed by atoms with Crippen LogP contribution in [0.15, 0.2) is 12.1 Å². The van der Waals surface area contributed by atoms with E-state index in [0.29, 0.717) is 16.8 Å². The van der Waals surface area contributed by atoms with Crippen molar-refractivity contribution in [3.8, 4) is 0 Å². The quantitative estimate of drug-likeness (QED) is 0.637. The Kier molecular flexibility index (Phi) is 6.42. The molecular weight excluding hydrogens is 411 g/mol. The zero-order chi connectivity index (χ0) is 24.0. The summed E-state index contributed by atoms with van der Waals surface area (Å²) in [6.07, 6.45) is 2.11. The van der Waals surface area contributed by atoms with Gasteiger partial charge in [-0.15, -0.1) is 0 Å². The molecule has 0 saturated heterocycles. The van der Waals surface area contributed by atoms with Gasteiger partial charge in [0, 0.05) is 11.6 Å². The van der Waals surface area contributed by atoms with Crippen LogP contribution >= 0.6 is 0 Å². The molecule has 0 bridgehead atoms. The number of nitrogens with one attached hydrogen (secondary N) is 1. The minimum atomic E-state index is -1.03. The highest BCUT2D eigenvalue weighted by Crippen LogP contribution is 2.48. The van der Waals surface area contributed by atoms with Gasteiger partial charge in [-0.1, -0.05) is 13.0 Å². The molecule has 0 aromatic heterocycles. The number of esters is 1. The van der Waals surface area contributed by atoms with Crippen LogP contribution in [-0.2, 0) is 24.5 Å². The van der Waals surface area contributed by atoms with E-state index in [2.05, 4.69) is 5.32 Å². The van der Waals surface area contributed by atoms with E-state index in [1.54, 1.807) is 26.0 Å². The largest absolute Gasteiger partial charge is 0.460 e. The summed E-state index contributed by atoms with van der Waals surface area (Å²) in [4.78, 5) is 39.3. The Morgan fingerprint density at radius 1 is 1.25 bits per heavy atom. The fourth-order valence-electron chi connectivity index (χ4n) is 4.23. The number of hydrogen-bond acceptors (Lipinski definition) is 4. The minimum absolute atomic E-state index is 0.148. The average molecular weight is 447 g/mol. The SMILES string of the molecule is C[C@H](CC(=O)OC(C)(C)C)[C@H](C)NC(=O)CN1C(=O)C(C)(C)c2c1ccc(C1CC1)c2F. The molecule has 1 aliphatic carbocycles. The Labute approximate surface area is 189 Å². The van der Waals surface area contributed by atoms with Crippen LogP contribution in [0.4, 0.5) is 10.1 Å². The third-order valence-electron chi connectivity index (χ3n) is 6.32. The summed E-state index contributed by atoms with van der Waals surface area (Å²) in [5.41, 5.74) is -0.0767. The number of carbonyl (C=O) groups is 3. The summed E-state index contributed by atoms with van der Waals surface area (Å²) in [6.45, 7) is 12.3. The van der Waals surface area contributed by atoms with Gasteiger partial charge in [0.1, 0.15) is 18.0 Å². The first-order valence-electron chi connectivity index (χ1n) is 11.4.